The lowest BCUT2D eigenvalue weighted by molar-refractivity contribution is -0.293. The summed E-state index contributed by atoms with van der Waals surface area (Å²) in [6.45, 7) is 19.9. The fourth-order valence-corrected chi connectivity index (χ4v) is 6.35. The van der Waals surface area contributed by atoms with E-state index in [1.165, 1.54) is 0 Å². The van der Waals surface area contributed by atoms with Crippen molar-refractivity contribution < 1.29 is 67.7 Å². The summed E-state index contributed by atoms with van der Waals surface area (Å²) in [4.78, 5) is 54.3. The largest absolute Gasteiger partial charge is 0.494 e. The summed E-state index contributed by atoms with van der Waals surface area (Å²) in [6, 6.07) is 15.2. The number of nitrogens with zero attached hydrogens (tertiary/aromatic N) is 1. The fraction of sp³-hybridized carbons (Fsp3) is 0.633. The van der Waals surface area contributed by atoms with E-state index in [2.05, 4.69) is 5.32 Å². The third kappa shape index (κ3) is 14.4. The van der Waals surface area contributed by atoms with Crippen LogP contribution in [-0.4, -0.2) is 120 Å². The SMILES string of the molecule is CC(C)(C)C(=O)OC[C@H]1O[C@@H](Oc2cccc3ccn(CCc4ccc(OCCCNC(CO)(CO)CO)cc4)c23)[C@H](OC(=O)C(C)(C)C)[C@@H](OC(=O)C(C)(C)C)[C@@H]1OC(=O)C(C)(C)C. The van der Waals surface area contributed by atoms with Crippen molar-refractivity contribution in [3.05, 3.63) is 60.3 Å². The molecule has 0 spiro atoms. The third-order valence-corrected chi connectivity index (χ3v) is 10.7. The van der Waals surface area contributed by atoms with Gasteiger partial charge in [0.2, 0.25) is 12.4 Å². The first-order valence-electron chi connectivity index (χ1n) is 22.2. The molecular formula is C49H72N2O14. The molecule has 4 N–H and O–H groups in total. The molecule has 0 bridgehead atoms. The van der Waals surface area contributed by atoms with Crippen LogP contribution >= 0.6 is 0 Å². The molecule has 2 aromatic carbocycles. The molecule has 1 aliphatic rings. The van der Waals surface area contributed by atoms with E-state index in [0.717, 1.165) is 10.9 Å². The maximum absolute atomic E-state index is 13.8. The summed E-state index contributed by atoms with van der Waals surface area (Å²) in [5.74, 6) is -1.49. The van der Waals surface area contributed by atoms with Gasteiger partial charge in [-0.15, -0.1) is 0 Å². The Bertz CT molecular complexity index is 2040. The second-order valence-electron chi connectivity index (χ2n) is 20.8. The Morgan fingerprint density at radius 3 is 1.75 bits per heavy atom. The van der Waals surface area contributed by atoms with E-state index < -0.39 is 108 Å². The monoisotopic (exact) mass is 912 g/mol. The van der Waals surface area contributed by atoms with Gasteiger partial charge in [0.25, 0.3) is 0 Å². The van der Waals surface area contributed by atoms with Gasteiger partial charge >= 0.3 is 23.9 Å². The Hall–Kier alpha value is -4.74. The number of para-hydroxylation sites is 1. The van der Waals surface area contributed by atoms with Gasteiger partial charge in [-0.3, -0.25) is 19.2 Å². The molecule has 3 aromatic rings. The van der Waals surface area contributed by atoms with E-state index in [-0.39, 0.29) is 0 Å². The van der Waals surface area contributed by atoms with Crippen molar-refractivity contribution >= 4 is 34.8 Å². The molecule has 0 radical (unpaired) electrons. The Morgan fingerprint density at radius 1 is 0.677 bits per heavy atom. The van der Waals surface area contributed by atoms with Crippen LogP contribution in [0.25, 0.3) is 10.9 Å². The summed E-state index contributed by atoms with van der Waals surface area (Å²) >= 11 is 0. The van der Waals surface area contributed by atoms with Gasteiger partial charge in [-0.05, 0) is 132 Å². The highest BCUT2D eigenvalue weighted by Crippen LogP contribution is 2.37. The molecule has 16 heteroatoms. The molecule has 1 saturated heterocycles. The highest BCUT2D eigenvalue weighted by atomic mass is 16.7. The van der Waals surface area contributed by atoms with Crippen LogP contribution in [0.15, 0.2) is 54.7 Å². The minimum Gasteiger partial charge on any atom is -0.494 e. The predicted molar refractivity (Wildman–Crippen MR) is 242 cm³/mol. The van der Waals surface area contributed by atoms with Gasteiger partial charge < -0.3 is 58.4 Å². The summed E-state index contributed by atoms with van der Waals surface area (Å²) in [7, 11) is 0. The molecule has 362 valence electrons. The summed E-state index contributed by atoms with van der Waals surface area (Å²) in [5.41, 5.74) is -3.35. The molecule has 1 aromatic heterocycles. The molecule has 1 aliphatic heterocycles. The van der Waals surface area contributed by atoms with Crippen molar-refractivity contribution in [2.75, 3.05) is 39.6 Å². The molecule has 2 heterocycles. The van der Waals surface area contributed by atoms with Crippen LogP contribution in [0.4, 0.5) is 0 Å². The highest BCUT2D eigenvalue weighted by molar-refractivity contribution is 5.86. The Morgan fingerprint density at radius 2 is 1.22 bits per heavy atom. The molecular weight excluding hydrogens is 841 g/mol. The standard InChI is InChI=1S/C49H72N2O14/c1-45(2,3)41(55)60-27-35-37(63-42(56)46(4,5)6)38(64-43(57)47(7,8)9)39(65-44(58)48(10,11)12)40(62-35)61-34-16-13-15-32-22-25-51(36(32)34)24-21-31-17-19-33(20-18-31)59-26-14-23-50-49(28-52,29-53)30-54/h13,15-20,22,25,35,37-40,50,52-54H,14,21,23-24,26-30H2,1-12H3/t35-,37-,38+,39-,40-/m1/s1. The van der Waals surface area contributed by atoms with Crippen molar-refractivity contribution in [3.63, 3.8) is 0 Å². The first-order chi connectivity index (χ1) is 30.2. The maximum atomic E-state index is 13.8. The lowest BCUT2D eigenvalue weighted by Crippen LogP contribution is -2.64. The lowest BCUT2D eigenvalue weighted by Gasteiger charge is -2.45. The van der Waals surface area contributed by atoms with E-state index >= 15 is 0 Å². The summed E-state index contributed by atoms with van der Waals surface area (Å²) in [5, 5.41) is 32.4. The molecule has 5 atom stereocenters. The zero-order valence-electron chi connectivity index (χ0n) is 40.2. The zero-order valence-corrected chi connectivity index (χ0v) is 40.2. The average molecular weight is 913 g/mol. The van der Waals surface area contributed by atoms with E-state index in [0.29, 0.717) is 49.6 Å². The number of benzene rings is 2. The van der Waals surface area contributed by atoms with Crippen LogP contribution in [-0.2, 0) is 55.8 Å². The average Bonchev–Trinajstić information content (AvgIpc) is 3.65. The Kier molecular flexibility index (Phi) is 17.7. The van der Waals surface area contributed by atoms with Crippen LogP contribution in [0.2, 0.25) is 0 Å². The number of aliphatic hydroxyl groups excluding tert-OH is 3. The molecule has 0 amide bonds. The van der Waals surface area contributed by atoms with E-state index in [9.17, 15) is 34.5 Å². The van der Waals surface area contributed by atoms with Crippen molar-refractivity contribution in [2.24, 2.45) is 21.7 Å². The molecule has 0 aliphatic carbocycles. The highest BCUT2D eigenvalue weighted by Gasteiger charge is 2.56. The number of aryl methyl sites for hydroxylation is 2. The lowest BCUT2D eigenvalue weighted by atomic mass is 9.93. The van der Waals surface area contributed by atoms with Crippen LogP contribution in [0.1, 0.15) is 95.1 Å². The van der Waals surface area contributed by atoms with Crippen molar-refractivity contribution in [2.45, 2.75) is 139 Å². The Balaban J connectivity index is 1.66. The number of nitrogens with one attached hydrogen (secondary N) is 1. The third-order valence-electron chi connectivity index (χ3n) is 10.7. The van der Waals surface area contributed by atoms with Gasteiger partial charge in [-0.25, -0.2) is 0 Å². The zero-order chi connectivity index (χ0) is 48.5. The van der Waals surface area contributed by atoms with Gasteiger partial charge in [0.15, 0.2) is 12.2 Å². The number of aliphatic hydroxyl groups is 3. The van der Waals surface area contributed by atoms with Gasteiger partial charge in [0.05, 0.1) is 59.1 Å². The smallest absolute Gasteiger partial charge is 0.311 e. The van der Waals surface area contributed by atoms with Gasteiger partial charge in [0.1, 0.15) is 24.2 Å². The van der Waals surface area contributed by atoms with Crippen LogP contribution in [0, 0.1) is 21.7 Å². The van der Waals surface area contributed by atoms with Crippen LogP contribution in [0.3, 0.4) is 0 Å². The topological polar surface area (TPSA) is 211 Å². The summed E-state index contributed by atoms with van der Waals surface area (Å²) in [6.07, 6.45) is -3.88. The predicted octanol–water partition coefficient (Wildman–Crippen LogP) is 5.52. The fourth-order valence-electron chi connectivity index (χ4n) is 6.35. The number of esters is 4. The van der Waals surface area contributed by atoms with Gasteiger partial charge in [0, 0.05) is 18.1 Å². The van der Waals surface area contributed by atoms with Crippen molar-refractivity contribution in [1.29, 1.82) is 0 Å². The number of aromatic nitrogens is 1. The number of rotatable bonds is 19. The number of hydrogen-bond donors (Lipinski definition) is 4. The van der Waals surface area contributed by atoms with Crippen molar-refractivity contribution in [1.82, 2.24) is 9.88 Å². The van der Waals surface area contributed by atoms with Crippen molar-refractivity contribution in [3.8, 4) is 11.5 Å². The van der Waals surface area contributed by atoms with Gasteiger partial charge in [-0.1, -0.05) is 24.3 Å². The summed E-state index contributed by atoms with van der Waals surface area (Å²) < 4.78 is 45.4. The van der Waals surface area contributed by atoms with Crippen LogP contribution < -0.4 is 14.8 Å². The molecule has 0 saturated carbocycles. The Labute approximate surface area is 383 Å². The number of carbonyl (C=O) groups is 4. The number of ether oxygens (including phenoxy) is 7. The van der Waals surface area contributed by atoms with E-state index in [1.54, 1.807) is 89.2 Å². The molecule has 1 fully saturated rings. The number of fused-ring (bicyclic) bond motifs is 1. The number of carbonyl (C=O) groups excluding carboxylic acids is 4. The number of hydrogen-bond acceptors (Lipinski definition) is 15. The normalized spacial score (nSPS) is 19.6. The first kappa shape index (κ1) is 52.9. The quantitative estimate of drug-likeness (QED) is 0.0663. The van der Waals surface area contributed by atoms with E-state index in [1.807, 2.05) is 53.2 Å². The molecule has 0 unspecified atom stereocenters. The second-order valence-corrected chi connectivity index (χ2v) is 20.8. The molecule has 4 rings (SSSR count). The minimum absolute atomic E-state index is 0.359. The van der Waals surface area contributed by atoms with E-state index in [4.69, 9.17) is 33.2 Å². The maximum Gasteiger partial charge on any atom is 0.311 e. The minimum atomic E-state index is -1.47. The first-order valence-corrected chi connectivity index (χ1v) is 22.2. The second kappa shape index (κ2) is 21.7. The van der Waals surface area contributed by atoms with Crippen LogP contribution in [0.5, 0.6) is 11.5 Å². The molecule has 65 heavy (non-hydrogen) atoms. The van der Waals surface area contributed by atoms with Gasteiger partial charge in [-0.2, -0.15) is 0 Å². The molecule has 16 nitrogen and oxygen atoms in total.